The first-order valence-corrected chi connectivity index (χ1v) is 9.20. The van der Waals surface area contributed by atoms with E-state index in [1.54, 1.807) is 7.05 Å². The van der Waals surface area contributed by atoms with Crippen LogP contribution in [0.25, 0.3) is 0 Å². The van der Waals surface area contributed by atoms with E-state index < -0.39 is 0 Å². The molecule has 1 aromatic carbocycles. The summed E-state index contributed by atoms with van der Waals surface area (Å²) in [6, 6.07) is 7.60. The number of rotatable bonds is 4. The van der Waals surface area contributed by atoms with Crippen LogP contribution >= 0.6 is 35.6 Å². The second-order valence-electron chi connectivity index (χ2n) is 6.36. The van der Waals surface area contributed by atoms with Crippen LogP contribution in [-0.4, -0.2) is 80.8 Å². The molecule has 2 heterocycles. The lowest BCUT2D eigenvalue weighted by Gasteiger charge is -2.36. The maximum atomic E-state index is 12.5. The molecule has 0 aliphatic carbocycles. The van der Waals surface area contributed by atoms with E-state index in [9.17, 15) is 4.79 Å². The van der Waals surface area contributed by atoms with E-state index in [4.69, 9.17) is 21.1 Å². The summed E-state index contributed by atoms with van der Waals surface area (Å²) in [7, 11) is 1.73. The van der Waals surface area contributed by atoms with E-state index >= 15 is 0 Å². The van der Waals surface area contributed by atoms with Crippen LogP contribution in [0.2, 0.25) is 5.02 Å². The molecule has 2 aliphatic heterocycles. The molecule has 2 fully saturated rings. The van der Waals surface area contributed by atoms with Crippen molar-refractivity contribution < 1.29 is 14.3 Å². The maximum Gasteiger partial charge on any atom is 0.242 e. The van der Waals surface area contributed by atoms with E-state index in [-0.39, 0.29) is 36.0 Å². The molecule has 0 bridgehead atoms. The van der Waals surface area contributed by atoms with Crippen molar-refractivity contribution in [3.63, 3.8) is 0 Å². The zero-order chi connectivity index (χ0) is 18.4. The molecule has 1 N–H and O–H groups in total. The zero-order valence-corrected chi connectivity index (χ0v) is 18.5. The fourth-order valence-electron chi connectivity index (χ4n) is 3.06. The SMILES string of the molecule is CN=C(NCC1COCCO1)N1CCN(Cc2ccc(Cl)cc2)C(=O)C1.I. The molecule has 1 unspecified atom stereocenters. The molecule has 0 aromatic heterocycles. The van der Waals surface area contributed by atoms with Gasteiger partial charge in [-0.3, -0.25) is 9.79 Å². The maximum absolute atomic E-state index is 12.5. The zero-order valence-electron chi connectivity index (χ0n) is 15.4. The number of ether oxygens (including phenoxy) is 2. The first-order chi connectivity index (χ1) is 12.7. The van der Waals surface area contributed by atoms with Gasteiger partial charge in [-0.1, -0.05) is 23.7 Å². The minimum Gasteiger partial charge on any atom is -0.376 e. The first kappa shape index (κ1) is 22.2. The van der Waals surface area contributed by atoms with Gasteiger partial charge in [0.15, 0.2) is 5.96 Å². The normalized spacial score (nSPS) is 21.0. The van der Waals surface area contributed by atoms with Gasteiger partial charge in [-0.25, -0.2) is 0 Å². The van der Waals surface area contributed by atoms with Gasteiger partial charge in [-0.2, -0.15) is 0 Å². The first-order valence-electron chi connectivity index (χ1n) is 8.83. The molecule has 1 atom stereocenters. The highest BCUT2D eigenvalue weighted by molar-refractivity contribution is 14.0. The van der Waals surface area contributed by atoms with Crippen molar-refractivity contribution in [3.05, 3.63) is 34.9 Å². The van der Waals surface area contributed by atoms with Crippen molar-refractivity contribution in [1.82, 2.24) is 15.1 Å². The predicted octanol–water partition coefficient (Wildman–Crippen LogP) is 1.59. The molecule has 0 spiro atoms. The predicted molar refractivity (Wildman–Crippen MR) is 116 cm³/mol. The number of hydrogen-bond donors (Lipinski definition) is 1. The van der Waals surface area contributed by atoms with Crippen molar-refractivity contribution in [2.24, 2.45) is 4.99 Å². The number of amides is 1. The lowest BCUT2D eigenvalue weighted by molar-refractivity contribution is -0.135. The van der Waals surface area contributed by atoms with E-state index in [0.29, 0.717) is 51.0 Å². The minimum absolute atomic E-state index is 0. The monoisotopic (exact) mass is 508 g/mol. The topological polar surface area (TPSA) is 66.4 Å². The fraction of sp³-hybridized carbons (Fsp3) is 0.556. The molecule has 1 amide bonds. The Balaban J connectivity index is 0.00000261. The summed E-state index contributed by atoms with van der Waals surface area (Å²) in [5, 5.41) is 3.99. The lowest BCUT2D eigenvalue weighted by atomic mass is 10.2. The molecule has 150 valence electrons. The average molecular weight is 509 g/mol. The average Bonchev–Trinajstić information content (AvgIpc) is 2.67. The van der Waals surface area contributed by atoms with Gasteiger partial charge in [0.25, 0.3) is 0 Å². The third-order valence-electron chi connectivity index (χ3n) is 4.49. The van der Waals surface area contributed by atoms with Crippen molar-refractivity contribution >= 4 is 47.4 Å². The van der Waals surface area contributed by atoms with E-state index in [1.807, 2.05) is 34.1 Å². The summed E-state index contributed by atoms with van der Waals surface area (Å²) in [4.78, 5) is 20.7. The lowest BCUT2D eigenvalue weighted by Crippen LogP contribution is -2.56. The standard InChI is InChI=1S/C18H25ClN4O3.HI/c1-20-18(21-10-16-13-25-8-9-26-16)23-7-6-22(17(24)12-23)11-14-2-4-15(19)5-3-14;/h2-5,16H,6-13H2,1H3,(H,20,21);1H. The Bertz CT molecular complexity index is 638. The molecular formula is C18H26ClIN4O3. The number of nitrogens with zero attached hydrogens (tertiary/aromatic N) is 3. The molecule has 7 nitrogen and oxygen atoms in total. The quantitative estimate of drug-likeness (QED) is 0.380. The summed E-state index contributed by atoms with van der Waals surface area (Å²) in [5.41, 5.74) is 1.08. The smallest absolute Gasteiger partial charge is 0.242 e. The van der Waals surface area contributed by atoms with Crippen LogP contribution < -0.4 is 5.32 Å². The Hall–Kier alpha value is -1.10. The molecule has 2 saturated heterocycles. The summed E-state index contributed by atoms with van der Waals surface area (Å²) in [5.74, 6) is 0.810. The number of piperazine rings is 1. The molecule has 0 radical (unpaired) electrons. The van der Waals surface area contributed by atoms with Crippen LogP contribution in [-0.2, 0) is 20.8 Å². The number of halogens is 2. The summed E-state index contributed by atoms with van der Waals surface area (Å²) < 4.78 is 11.0. The van der Waals surface area contributed by atoms with Crippen LogP contribution in [0, 0.1) is 0 Å². The summed E-state index contributed by atoms with van der Waals surface area (Å²) in [6.07, 6.45) is 0.0161. The Kier molecular flexibility index (Phi) is 9.07. The molecule has 0 saturated carbocycles. The van der Waals surface area contributed by atoms with Crippen molar-refractivity contribution in [2.75, 3.05) is 53.0 Å². The second-order valence-corrected chi connectivity index (χ2v) is 6.80. The Morgan fingerprint density at radius 1 is 1.30 bits per heavy atom. The molecule has 3 rings (SSSR count). The molecule has 27 heavy (non-hydrogen) atoms. The van der Waals surface area contributed by atoms with Gasteiger partial charge in [0.05, 0.1) is 32.5 Å². The Labute approximate surface area is 182 Å². The molecule has 9 heteroatoms. The number of nitrogens with one attached hydrogen (secondary N) is 1. The third-order valence-corrected chi connectivity index (χ3v) is 4.74. The van der Waals surface area contributed by atoms with Crippen molar-refractivity contribution in [1.29, 1.82) is 0 Å². The Morgan fingerprint density at radius 2 is 2.07 bits per heavy atom. The molecule has 1 aromatic rings. The summed E-state index contributed by atoms with van der Waals surface area (Å²) in [6.45, 7) is 4.77. The van der Waals surface area contributed by atoms with Crippen LogP contribution in [0.3, 0.4) is 0 Å². The van der Waals surface area contributed by atoms with E-state index in [0.717, 1.165) is 18.1 Å². The highest BCUT2D eigenvalue weighted by Gasteiger charge is 2.26. The third kappa shape index (κ3) is 6.48. The Morgan fingerprint density at radius 3 is 2.70 bits per heavy atom. The van der Waals surface area contributed by atoms with Crippen LogP contribution in [0.5, 0.6) is 0 Å². The summed E-state index contributed by atoms with van der Waals surface area (Å²) >= 11 is 5.91. The molecule has 2 aliphatic rings. The van der Waals surface area contributed by atoms with Crippen LogP contribution in [0.1, 0.15) is 5.56 Å². The largest absolute Gasteiger partial charge is 0.376 e. The van der Waals surface area contributed by atoms with Gasteiger partial charge in [-0.15, -0.1) is 24.0 Å². The van der Waals surface area contributed by atoms with E-state index in [2.05, 4.69) is 10.3 Å². The van der Waals surface area contributed by atoms with Gasteiger partial charge in [0, 0.05) is 38.2 Å². The highest BCUT2D eigenvalue weighted by atomic mass is 127. The van der Waals surface area contributed by atoms with Crippen LogP contribution in [0.15, 0.2) is 29.3 Å². The van der Waals surface area contributed by atoms with Crippen molar-refractivity contribution in [3.8, 4) is 0 Å². The van der Waals surface area contributed by atoms with Gasteiger partial charge in [0.2, 0.25) is 5.91 Å². The van der Waals surface area contributed by atoms with Gasteiger partial charge in [-0.05, 0) is 17.7 Å². The van der Waals surface area contributed by atoms with Crippen LogP contribution in [0.4, 0.5) is 0 Å². The second kappa shape index (κ2) is 11.0. The number of aliphatic imine (C=N–C) groups is 1. The van der Waals surface area contributed by atoms with Gasteiger partial charge in [0.1, 0.15) is 0 Å². The van der Waals surface area contributed by atoms with Crippen molar-refractivity contribution in [2.45, 2.75) is 12.6 Å². The van der Waals surface area contributed by atoms with Gasteiger partial charge >= 0.3 is 0 Å². The number of carbonyl (C=O) groups excluding carboxylic acids is 1. The minimum atomic E-state index is 0. The number of carbonyl (C=O) groups is 1. The fourth-order valence-corrected chi connectivity index (χ4v) is 3.18. The highest BCUT2D eigenvalue weighted by Crippen LogP contribution is 2.13. The molecular weight excluding hydrogens is 483 g/mol. The van der Waals surface area contributed by atoms with Gasteiger partial charge < -0.3 is 24.6 Å². The number of guanidine groups is 1. The number of hydrogen-bond acceptors (Lipinski definition) is 4. The number of benzene rings is 1. The van der Waals surface area contributed by atoms with E-state index in [1.165, 1.54) is 0 Å².